The van der Waals surface area contributed by atoms with Crippen LogP contribution >= 0.6 is 0 Å². The summed E-state index contributed by atoms with van der Waals surface area (Å²) in [7, 11) is 0. The molecule has 1 saturated carbocycles. The van der Waals surface area contributed by atoms with Crippen LogP contribution in [-0.2, 0) is 23.9 Å². The maximum Gasteiger partial charge on any atom is 0.322 e. The zero-order valence-corrected chi connectivity index (χ0v) is 12.2. The highest BCUT2D eigenvalue weighted by atomic mass is 16.5. The molecule has 21 heavy (non-hydrogen) atoms. The number of ether oxygens (including phenoxy) is 1. The molecule has 0 aromatic rings. The van der Waals surface area contributed by atoms with Crippen molar-refractivity contribution in [1.29, 1.82) is 0 Å². The van der Waals surface area contributed by atoms with Gasteiger partial charge in [0.2, 0.25) is 11.8 Å². The van der Waals surface area contributed by atoms with Crippen molar-refractivity contribution in [3.8, 4) is 0 Å². The first-order chi connectivity index (χ1) is 9.70. The molecule has 3 fully saturated rings. The lowest BCUT2D eigenvalue weighted by Gasteiger charge is -2.52. The van der Waals surface area contributed by atoms with Gasteiger partial charge in [0.15, 0.2) is 5.41 Å². The average molecular weight is 294 g/mol. The molecule has 0 aromatic carbocycles. The first kappa shape index (κ1) is 14.0. The number of Topliss-reactive ketones (excluding diaryl/α,β-unsaturated/α-hetero) is 1. The van der Waals surface area contributed by atoms with Crippen LogP contribution in [0.4, 0.5) is 0 Å². The molecule has 4 atom stereocenters. The van der Waals surface area contributed by atoms with Gasteiger partial charge >= 0.3 is 5.97 Å². The summed E-state index contributed by atoms with van der Waals surface area (Å²) in [5.41, 5.74) is -3.83. The quantitative estimate of drug-likeness (QED) is 0.528. The van der Waals surface area contributed by atoms with Gasteiger partial charge in [-0.05, 0) is 27.2 Å². The van der Waals surface area contributed by atoms with Crippen molar-refractivity contribution in [1.82, 2.24) is 10.6 Å². The number of nitrogens with one attached hydrogen (secondary N) is 2. The minimum Gasteiger partial charge on any atom is -0.465 e. The number of amides is 2. The van der Waals surface area contributed by atoms with Crippen molar-refractivity contribution in [2.45, 2.75) is 39.3 Å². The largest absolute Gasteiger partial charge is 0.465 e. The Labute approximate surface area is 121 Å². The lowest BCUT2D eigenvalue weighted by Crippen LogP contribution is -2.75. The predicted molar refractivity (Wildman–Crippen MR) is 69.6 cm³/mol. The predicted octanol–water partition coefficient (Wildman–Crippen LogP) is -0.503. The van der Waals surface area contributed by atoms with E-state index in [2.05, 4.69) is 10.6 Å². The van der Waals surface area contributed by atoms with E-state index in [1.165, 1.54) is 6.92 Å². The molecule has 2 bridgehead atoms. The van der Waals surface area contributed by atoms with Crippen LogP contribution in [0, 0.1) is 16.7 Å². The van der Waals surface area contributed by atoms with Crippen LogP contribution in [0.1, 0.15) is 33.6 Å². The van der Waals surface area contributed by atoms with Gasteiger partial charge in [-0.15, -0.1) is 0 Å². The molecule has 2 heterocycles. The maximum atomic E-state index is 12.6. The van der Waals surface area contributed by atoms with Gasteiger partial charge < -0.3 is 15.4 Å². The van der Waals surface area contributed by atoms with Crippen LogP contribution in [-0.4, -0.2) is 35.8 Å². The molecular formula is C14H18N2O5. The van der Waals surface area contributed by atoms with Gasteiger partial charge in [-0.3, -0.25) is 19.2 Å². The third-order valence-electron chi connectivity index (χ3n) is 5.22. The summed E-state index contributed by atoms with van der Waals surface area (Å²) < 4.78 is 5.04. The third kappa shape index (κ3) is 1.43. The molecule has 114 valence electrons. The number of carbonyl (C=O) groups is 4. The maximum absolute atomic E-state index is 12.6. The molecular weight excluding hydrogens is 276 g/mol. The van der Waals surface area contributed by atoms with Gasteiger partial charge in [0.1, 0.15) is 16.9 Å². The molecule has 3 rings (SSSR count). The lowest BCUT2D eigenvalue weighted by molar-refractivity contribution is -0.175. The number of hydrogen-bond donors (Lipinski definition) is 2. The summed E-state index contributed by atoms with van der Waals surface area (Å²) in [6.07, 6.45) is 0.0634. The van der Waals surface area contributed by atoms with Crippen LogP contribution in [0.2, 0.25) is 0 Å². The molecule has 2 N–H and O–H groups in total. The molecule has 0 radical (unpaired) electrons. The minimum atomic E-state index is -1.57. The Morgan fingerprint density at radius 1 is 1.24 bits per heavy atom. The number of piperidine rings is 2. The number of ketones is 1. The highest BCUT2D eigenvalue weighted by Gasteiger charge is 2.75. The van der Waals surface area contributed by atoms with Gasteiger partial charge in [-0.1, -0.05) is 0 Å². The fraction of sp³-hybridized carbons (Fsp3) is 0.714. The normalized spacial score (nSPS) is 44.1. The monoisotopic (exact) mass is 294 g/mol. The smallest absolute Gasteiger partial charge is 0.322 e. The molecule has 2 amide bonds. The second kappa shape index (κ2) is 3.84. The number of hydrogen-bond acceptors (Lipinski definition) is 5. The summed E-state index contributed by atoms with van der Waals surface area (Å²) >= 11 is 0. The number of esters is 1. The summed E-state index contributed by atoms with van der Waals surface area (Å²) in [4.78, 5) is 49.8. The Kier molecular flexibility index (Phi) is 2.56. The number of rotatable bonds is 2. The summed E-state index contributed by atoms with van der Waals surface area (Å²) in [6.45, 7) is 4.96. The Hall–Kier alpha value is -1.92. The summed E-state index contributed by atoms with van der Waals surface area (Å²) in [5, 5.41) is 5.37. The van der Waals surface area contributed by atoms with E-state index in [4.69, 9.17) is 4.74 Å². The van der Waals surface area contributed by atoms with Gasteiger partial charge in [0, 0.05) is 12.3 Å². The summed E-state index contributed by atoms with van der Waals surface area (Å²) in [5.74, 6) is -2.71. The van der Waals surface area contributed by atoms with E-state index in [1.807, 2.05) is 0 Å². The van der Waals surface area contributed by atoms with Crippen molar-refractivity contribution in [2.75, 3.05) is 6.61 Å². The SMILES string of the molecule is CCOC(=O)[C@]12CC(=O)[C@]3(C)C(=O)N[C@](C)(C[C@H]31)NC2=O. The van der Waals surface area contributed by atoms with Gasteiger partial charge in [-0.2, -0.15) is 0 Å². The molecule has 3 aliphatic rings. The molecule has 0 aromatic heterocycles. The van der Waals surface area contributed by atoms with Crippen molar-refractivity contribution in [2.24, 2.45) is 16.7 Å². The zero-order chi connectivity index (χ0) is 15.6. The minimum absolute atomic E-state index is 0.120. The van der Waals surface area contributed by atoms with Crippen molar-refractivity contribution < 1.29 is 23.9 Å². The second-order valence-electron chi connectivity index (χ2n) is 6.49. The molecule has 2 aliphatic heterocycles. The van der Waals surface area contributed by atoms with E-state index in [0.717, 1.165) is 0 Å². The third-order valence-corrected chi connectivity index (χ3v) is 5.22. The van der Waals surface area contributed by atoms with Crippen molar-refractivity contribution in [3.05, 3.63) is 0 Å². The zero-order valence-electron chi connectivity index (χ0n) is 12.2. The first-order valence-corrected chi connectivity index (χ1v) is 7.06. The Morgan fingerprint density at radius 2 is 1.86 bits per heavy atom. The van der Waals surface area contributed by atoms with Gasteiger partial charge in [0.25, 0.3) is 0 Å². The van der Waals surface area contributed by atoms with E-state index in [-0.39, 0.29) is 18.8 Å². The lowest BCUT2D eigenvalue weighted by atomic mass is 9.60. The molecule has 0 unspecified atom stereocenters. The Balaban J connectivity index is 2.18. The fourth-order valence-electron chi connectivity index (χ4n) is 4.00. The molecule has 2 saturated heterocycles. The van der Waals surface area contributed by atoms with Crippen LogP contribution in [0.3, 0.4) is 0 Å². The van der Waals surface area contributed by atoms with E-state index in [9.17, 15) is 19.2 Å². The topological polar surface area (TPSA) is 102 Å². The highest BCUT2D eigenvalue weighted by Crippen LogP contribution is 2.59. The van der Waals surface area contributed by atoms with Gasteiger partial charge in [-0.25, -0.2) is 0 Å². The standard InChI is InChI=1S/C14H18N2O5/c1-4-21-11(20)14-6-8(17)13(3)7(14)5-12(2,15-9(13)18)16-10(14)19/h7H,4-6H2,1-3H3,(H,15,18)(H,16,19)/t7-,12+,13-,14-/m1/s1. The highest BCUT2D eigenvalue weighted by molar-refractivity contribution is 6.18. The Morgan fingerprint density at radius 3 is 2.48 bits per heavy atom. The van der Waals surface area contributed by atoms with Crippen LogP contribution in [0.15, 0.2) is 0 Å². The molecule has 7 nitrogen and oxygen atoms in total. The van der Waals surface area contributed by atoms with E-state index >= 15 is 0 Å². The number of carbonyl (C=O) groups excluding carboxylic acids is 4. The van der Waals surface area contributed by atoms with Crippen LogP contribution < -0.4 is 10.6 Å². The molecule has 1 aliphatic carbocycles. The van der Waals surface area contributed by atoms with E-state index in [1.54, 1.807) is 13.8 Å². The fourth-order valence-corrected chi connectivity index (χ4v) is 4.00. The van der Waals surface area contributed by atoms with E-state index < -0.39 is 40.2 Å². The second-order valence-corrected chi connectivity index (χ2v) is 6.49. The number of fused-ring (bicyclic) bond motifs is 1. The summed E-state index contributed by atoms with van der Waals surface area (Å²) in [6, 6.07) is 0. The average Bonchev–Trinajstić information content (AvgIpc) is 2.62. The van der Waals surface area contributed by atoms with Crippen molar-refractivity contribution >= 4 is 23.6 Å². The first-order valence-electron chi connectivity index (χ1n) is 7.06. The van der Waals surface area contributed by atoms with Crippen LogP contribution in [0.25, 0.3) is 0 Å². The molecule has 0 spiro atoms. The van der Waals surface area contributed by atoms with Crippen molar-refractivity contribution in [3.63, 3.8) is 0 Å². The van der Waals surface area contributed by atoms with Crippen LogP contribution in [0.5, 0.6) is 0 Å². The van der Waals surface area contributed by atoms with E-state index in [0.29, 0.717) is 6.42 Å². The van der Waals surface area contributed by atoms with Gasteiger partial charge in [0.05, 0.1) is 6.61 Å². The molecule has 7 heteroatoms. The Bertz CT molecular complexity index is 588.